The molecule has 0 amide bonds. The number of aliphatic hydroxyl groups excluding tert-OH is 1. The Labute approximate surface area is 109 Å². The fraction of sp³-hybridized carbons (Fsp3) is 0.600. The molecule has 2 rings (SSSR count). The molecule has 2 unspecified atom stereocenters. The SMILES string of the molecule is CCC(O)CN1CCOC(c2ccccc2C)C1. The summed E-state index contributed by atoms with van der Waals surface area (Å²) in [6, 6.07) is 8.38. The third-order valence-corrected chi connectivity index (χ3v) is 3.63. The normalized spacial score (nSPS) is 22.9. The van der Waals surface area contributed by atoms with Crippen LogP contribution in [-0.2, 0) is 4.74 Å². The van der Waals surface area contributed by atoms with Gasteiger partial charge in [0, 0.05) is 19.6 Å². The van der Waals surface area contributed by atoms with Crippen molar-refractivity contribution in [2.45, 2.75) is 32.5 Å². The van der Waals surface area contributed by atoms with Gasteiger partial charge in [-0.15, -0.1) is 0 Å². The van der Waals surface area contributed by atoms with Crippen LogP contribution in [0.15, 0.2) is 24.3 Å². The minimum absolute atomic E-state index is 0.143. The number of hydrogen-bond donors (Lipinski definition) is 1. The van der Waals surface area contributed by atoms with Crippen molar-refractivity contribution in [3.8, 4) is 0 Å². The molecule has 1 heterocycles. The molecular formula is C15H23NO2. The molecule has 0 radical (unpaired) electrons. The molecule has 0 aliphatic carbocycles. The van der Waals surface area contributed by atoms with Crippen LogP contribution in [0.25, 0.3) is 0 Å². The maximum Gasteiger partial charge on any atom is 0.0954 e. The third-order valence-electron chi connectivity index (χ3n) is 3.63. The van der Waals surface area contributed by atoms with Crippen LogP contribution in [0.4, 0.5) is 0 Å². The monoisotopic (exact) mass is 249 g/mol. The van der Waals surface area contributed by atoms with Crippen LogP contribution < -0.4 is 0 Å². The zero-order valence-corrected chi connectivity index (χ0v) is 11.3. The van der Waals surface area contributed by atoms with Gasteiger partial charge in [0.2, 0.25) is 0 Å². The number of ether oxygens (including phenoxy) is 1. The molecule has 1 N–H and O–H groups in total. The van der Waals surface area contributed by atoms with E-state index in [1.807, 2.05) is 6.92 Å². The van der Waals surface area contributed by atoms with Gasteiger partial charge in [-0.05, 0) is 24.5 Å². The van der Waals surface area contributed by atoms with Gasteiger partial charge in [0.15, 0.2) is 0 Å². The van der Waals surface area contributed by atoms with Crippen molar-refractivity contribution in [2.75, 3.05) is 26.2 Å². The van der Waals surface area contributed by atoms with Crippen molar-refractivity contribution >= 4 is 0 Å². The summed E-state index contributed by atoms with van der Waals surface area (Å²) in [5.74, 6) is 0. The summed E-state index contributed by atoms with van der Waals surface area (Å²) in [5, 5.41) is 9.74. The quantitative estimate of drug-likeness (QED) is 0.887. The van der Waals surface area contributed by atoms with Gasteiger partial charge in [-0.2, -0.15) is 0 Å². The van der Waals surface area contributed by atoms with E-state index in [9.17, 15) is 5.11 Å². The van der Waals surface area contributed by atoms with E-state index in [0.29, 0.717) is 0 Å². The Bertz CT molecular complexity index is 381. The van der Waals surface area contributed by atoms with E-state index in [2.05, 4.69) is 36.1 Å². The molecule has 0 aromatic heterocycles. The summed E-state index contributed by atoms with van der Waals surface area (Å²) < 4.78 is 5.87. The fourth-order valence-corrected chi connectivity index (χ4v) is 2.43. The lowest BCUT2D eigenvalue weighted by atomic mass is 10.0. The van der Waals surface area contributed by atoms with Crippen molar-refractivity contribution in [3.63, 3.8) is 0 Å². The molecule has 100 valence electrons. The second kappa shape index (κ2) is 6.32. The lowest BCUT2D eigenvalue weighted by molar-refractivity contribution is -0.0425. The molecule has 3 nitrogen and oxygen atoms in total. The highest BCUT2D eigenvalue weighted by Crippen LogP contribution is 2.24. The van der Waals surface area contributed by atoms with E-state index in [1.54, 1.807) is 0 Å². The smallest absolute Gasteiger partial charge is 0.0954 e. The lowest BCUT2D eigenvalue weighted by Gasteiger charge is -2.34. The minimum atomic E-state index is -0.222. The molecule has 1 saturated heterocycles. The zero-order valence-electron chi connectivity index (χ0n) is 11.3. The molecule has 1 aromatic carbocycles. The summed E-state index contributed by atoms with van der Waals surface area (Å²) in [6.45, 7) is 7.43. The van der Waals surface area contributed by atoms with Crippen molar-refractivity contribution in [3.05, 3.63) is 35.4 Å². The van der Waals surface area contributed by atoms with Gasteiger partial charge >= 0.3 is 0 Å². The van der Waals surface area contributed by atoms with E-state index in [-0.39, 0.29) is 12.2 Å². The van der Waals surface area contributed by atoms with Gasteiger partial charge in [-0.25, -0.2) is 0 Å². The van der Waals surface area contributed by atoms with Crippen molar-refractivity contribution in [1.29, 1.82) is 0 Å². The molecule has 0 saturated carbocycles. The summed E-state index contributed by atoms with van der Waals surface area (Å²) in [5.41, 5.74) is 2.55. The predicted molar refractivity (Wildman–Crippen MR) is 72.6 cm³/mol. The summed E-state index contributed by atoms with van der Waals surface area (Å²) in [7, 11) is 0. The van der Waals surface area contributed by atoms with Crippen molar-refractivity contribution in [1.82, 2.24) is 4.90 Å². The van der Waals surface area contributed by atoms with Crippen LogP contribution in [0.1, 0.15) is 30.6 Å². The maximum atomic E-state index is 9.74. The van der Waals surface area contributed by atoms with Gasteiger partial charge in [-0.3, -0.25) is 4.90 Å². The molecule has 1 fully saturated rings. The fourth-order valence-electron chi connectivity index (χ4n) is 2.43. The highest BCUT2D eigenvalue weighted by atomic mass is 16.5. The predicted octanol–water partition coefficient (Wildman–Crippen LogP) is 2.14. The van der Waals surface area contributed by atoms with Crippen LogP contribution in [0.2, 0.25) is 0 Å². The Morgan fingerprint density at radius 3 is 2.94 bits per heavy atom. The van der Waals surface area contributed by atoms with Gasteiger partial charge in [0.1, 0.15) is 0 Å². The summed E-state index contributed by atoms with van der Waals surface area (Å²) in [4.78, 5) is 2.30. The van der Waals surface area contributed by atoms with Gasteiger partial charge in [0.05, 0.1) is 18.8 Å². The average Bonchev–Trinajstić information content (AvgIpc) is 2.39. The summed E-state index contributed by atoms with van der Waals surface area (Å²) >= 11 is 0. The Hall–Kier alpha value is -0.900. The minimum Gasteiger partial charge on any atom is -0.392 e. The van der Waals surface area contributed by atoms with Gasteiger partial charge in [0.25, 0.3) is 0 Å². The lowest BCUT2D eigenvalue weighted by Crippen LogP contribution is -2.42. The molecule has 18 heavy (non-hydrogen) atoms. The number of rotatable bonds is 4. The van der Waals surface area contributed by atoms with Crippen LogP contribution in [-0.4, -0.2) is 42.4 Å². The number of β-amino-alcohol motifs (C(OH)–C–C–N with tert-alkyl or cyclic N) is 1. The van der Waals surface area contributed by atoms with Crippen LogP contribution in [0, 0.1) is 6.92 Å². The Morgan fingerprint density at radius 2 is 2.22 bits per heavy atom. The molecule has 1 aliphatic heterocycles. The Kier molecular flexibility index (Phi) is 4.75. The first-order valence-electron chi connectivity index (χ1n) is 6.78. The molecule has 2 atom stereocenters. The highest BCUT2D eigenvalue weighted by Gasteiger charge is 2.23. The first kappa shape index (κ1) is 13.5. The van der Waals surface area contributed by atoms with E-state index in [4.69, 9.17) is 4.74 Å². The largest absolute Gasteiger partial charge is 0.392 e. The van der Waals surface area contributed by atoms with Gasteiger partial charge < -0.3 is 9.84 Å². The highest BCUT2D eigenvalue weighted by molar-refractivity contribution is 5.28. The van der Waals surface area contributed by atoms with E-state index >= 15 is 0 Å². The zero-order chi connectivity index (χ0) is 13.0. The van der Waals surface area contributed by atoms with E-state index < -0.39 is 0 Å². The molecular weight excluding hydrogens is 226 g/mol. The number of benzene rings is 1. The first-order valence-corrected chi connectivity index (χ1v) is 6.78. The van der Waals surface area contributed by atoms with Crippen LogP contribution in [0.5, 0.6) is 0 Å². The Morgan fingerprint density at radius 1 is 1.44 bits per heavy atom. The molecule has 0 bridgehead atoms. The van der Waals surface area contributed by atoms with Crippen LogP contribution >= 0.6 is 0 Å². The van der Waals surface area contributed by atoms with E-state index in [0.717, 1.165) is 32.7 Å². The number of aliphatic hydroxyl groups is 1. The van der Waals surface area contributed by atoms with E-state index in [1.165, 1.54) is 11.1 Å². The van der Waals surface area contributed by atoms with Crippen LogP contribution in [0.3, 0.4) is 0 Å². The standard InChI is InChI=1S/C15H23NO2/c1-3-13(17)10-16-8-9-18-15(11-16)14-7-5-4-6-12(14)2/h4-7,13,15,17H,3,8-11H2,1-2H3. The average molecular weight is 249 g/mol. The second-order valence-electron chi connectivity index (χ2n) is 5.04. The number of aryl methyl sites for hydroxylation is 1. The molecule has 1 aliphatic rings. The maximum absolute atomic E-state index is 9.74. The molecule has 1 aromatic rings. The topological polar surface area (TPSA) is 32.7 Å². The number of morpholine rings is 1. The summed E-state index contributed by atoms with van der Waals surface area (Å²) in [6.07, 6.45) is 0.733. The van der Waals surface area contributed by atoms with Crippen molar-refractivity contribution in [2.24, 2.45) is 0 Å². The first-order chi connectivity index (χ1) is 8.70. The number of nitrogens with zero attached hydrogens (tertiary/aromatic N) is 1. The van der Waals surface area contributed by atoms with Crippen molar-refractivity contribution < 1.29 is 9.84 Å². The Balaban J connectivity index is 2.00. The molecule has 3 heteroatoms. The van der Waals surface area contributed by atoms with Gasteiger partial charge in [-0.1, -0.05) is 31.2 Å². The second-order valence-corrected chi connectivity index (χ2v) is 5.04. The number of hydrogen-bond acceptors (Lipinski definition) is 3. The molecule has 0 spiro atoms. The third kappa shape index (κ3) is 3.31.